The number of aryl methyl sites for hydroxylation is 1. The zero-order valence-corrected chi connectivity index (χ0v) is 14.7. The van der Waals surface area contributed by atoms with Crippen LogP contribution in [0.15, 0.2) is 22.6 Å². The fourth-order valence-corrected chi connectivity index (χ4v) is 3.55. The molecule has 1 amide bonds. The molecule has 0 bridgehead atoms. The highest BCUT2D eigenvalue weighted by molar-refractivity contribution is 7.16. The van der Waals surface area contributed by atoms with Gasteiger partial charge in [-0.1, -0.05) is 6.92 Å². The van der Waals surface area contributed by atoms with E-state index < -0.39 is 0 Å². The van der Waals surface area contributed by atoms with Gasteiger partial charge in [0.15, 0.2) is 0 Å². The van der Waals surface area contributed by atoms with Crippen molar-refractivity contribution in [1.29, 1.82) is 0 Å². The number of aromatic nitrogens is 2. The first-order chi connectivity index (χ1) is 10.5. The van der Waals surface area contributed by atoms with Crippen molar-refractivity contribution in [2.24, 2.45) is 11.1 Å². The molecule has 1 fully saturated rings. The molecule has 2 aromatic rings. The average Bonchev–Trinajstić information content (AvgIpc) is 3.14. The number of carbonyl (C=O) groups is 1. The lowest BCUT2D eigenvalue weighted by Crippen LogP contribution is -2.35. The summed E-state index contributed by atoms with van der Waals surface area (Å²) in [5, 5.41) is 2.48. The van der Waals surface area contributed by atoms with Gasteiger partial charge in [0.05, 0.1) is 11.7 Å². The van der Waals surface area contributed by atoms with Gasteiger partial charge < -0.3 is 10.6 Å². The maximum absolute atomic E-state index is 12.3. The molecule has 0 saturated carbocycles. The quantitative estimate of drug-likeness (QED) is 0.899. The molecule has 2 N–H and O–H groups in total. The number of rotatable bonds is 4. The summed E-state index contributed by atoms with van der Waals surface area (Å²) in [5.41, 5.74) is 5.72. The molecule has 126 valence electrons. The van der Waals surface area contributed by atoms with Gasteiger partial charge >= 0.3 is 0 Å². The van der Waals surface area contributed by atoms with E-state index in [9.17, 15) is 9.59 Å². The van der Waals surface area contributed by atoms with E-state index in [2.05, 4.69) is 11.9 Å². The Morgan fingerprint density at radius 3 is 3.00 bits per heavy atom. The molecular weight excluding hydrogens is 336 g/mol. The van der Waals surface area contributed by atoms with E-state index in [4.69, 9.17) is 5.73 Å². The van der Waals surface area contributed by atoms with Crippen molar-refractivity contribution in [3.63, 3.8) is 0 Å². The van der Waals surface area contributed by atoms with Crippen molar-refractivity contribution >= 4 is 39.9 Å². The molecule has 3 rings (SSSR count). The number of hydrogen-bond donors (Lipinski definition) is 1. The van der Waals surface area contributed by atoms with Crippen molar-refractivity contribution < 1.29 is 4.79 Å². The van der Waals surface area contributed by atoms with Crippen LogP contribution in [0.2, 0.25) is 0 Å². The molecule has 0 radical (unpaired) electrons. The van der Waals surface area contributed by atoms with Gasteiger partial charge in [0.25, 0.3) is 5.56 Å². The Bertz CT molecular complexity index is 759. The highest BCUT2D eigenvalue weighted by Crippen LogP contribution is 2.28. The van der Waals surface area contributed by atoms with Gasteiger partial charge in [-0.15, -0.1) is 23.7 Å². The first-order valence-electron chi connectivity index (χ1n) is 7.43. The monoisotopic (exact) mass is 356 g/mol. The Hall–Kier alpha value is -1.44. The summed E-state index contributed by atoms with van der Waals surface area (Å²) in [6.45, 7) is 4.53. The molecule has 1 atom stereocenters. The number of nitrogens with zero attached hydrogens (tertiary/aromatic N) is 3. The molecule has 6 nitrogen and oxygen atoms in total. The van der Waals surface area contributed by atoms with Gasteiger partial charge in [0, 0.05) is 26.1 Å². The fourth-order valence-electron chi connectivity index (χ4n) is 2.83. The molecular formula is C15H21ClN4O2S. The van der Waals surface area contributed by atoms with Crippen LogP contribution >= 0.6 is 23.7 Å². The molecule has 1 saturated heterocycles. The number of amides is 1. The number of likely N-dealkylation sites (tertiary alicyclic amines) is 1. The molecule has 1 unspecified atom stereocenters. The van der Waals surface area contributed by atoms with Crippen molar-refractivity contribution in [1.82, 2.24) is 14.5 Å². The Kier molecular flexibility index (Phi) is 5.44. The second-order valence-corrected chi connectivity index (χ2v) is 7.11. The first kappa shape index (κ1) is 17.9. The molecule has 2 aromatic heterocycles. The van der Waals surface area contributed by atoms with Crippen LogP contribution in [-0.2, 0) is 11.3 Å². The van der Waals surface area contributed by atoms with Crippen LogP contribution in [0.3, 0.4) is 0 Å². The lowest BCUT2D eigenvalue weighted by atomic mass is 9.90. The molecule has 3 heterocycles. The molecule has 0 aromatic carbocycles. The topological polar surface area (TPSA) is 81.2 Å². The third-order valence-corrected chi connectivity index (χ3v) is 5.24. The highest BCUT2D eigenvalue weighted by Gasteiger charge is 2.34. The van der Waals surface area contributed by atoms with E-state index in [-0.39, 0.29) is 29.3 Å². The van der Waals surface area contributed by atoms with E-state index in [1.54, 1.807) is 6.07 Å². The van der Waals surface area contributed by atoms with E-state index >= 15 is 0 Å². The van der Waals surface area contributed by atoms with E-state index in [1.807, 2.05) is 10.3 Å². The standard InChI is InChI=1S/C15H20N4O2S.ClH/c1-15(8-16)4-6-18(9-15)12(20)2-5-19-10-17-13-11(14(19)21)3-7-22-13;/h3,7,10H,2,4-6,8-9,16H2,1H3;1H. The number of hydrogen-bond acceptors (Lipinski definition) is 5. The summed E-state index contributed by atoms with van der Waals surface area (Å²) in [4.78, 5) is 31.4. The lowest BCUT2D eigenvalue weighted by molar-refractivity contribution is -0.130. The Balaban J connectivity index is 0.00000192. The predicted octanol–water partition coefficient (Wildman–Crippen LogP) is 1.47. The zero-order chi connectivity index (χ0) is 15.7. The zero-order valence-electron chi connectivity index (χ0n) is 13.0. The molecule has 0 spiro atoms. The molecule has 1 aliphatic rings. The number of nitrogens with two attached hydrogens (primary N) is 1. The maximum atomic E-state index is 12.3. The third-order valence-electron chi connectivity index (χ3n) is 4.42. The van der Waals surface area contributed by atoms with Gasteiger partial charge in [-0.3, -0.25) is 14.2 Å². The predicted molar refractivity (Wildman–Crippen MR) is 94.1 cm³/mol. The van der Waals surface area contributed by atoms with Crippen molar-refractivity contribution in [3.8, 4) is 0 Å². The third kappa shape index (κ3) is 3.57. The second-order valence-electron chi connectivity index (χ2n) is 6.21. The van der Waals surface area contributed by atoms with Gasteiger partial charge in [-0.25, -0.2) is 4.98 Å². The number of fused-ring (bicyclic) bond motifs is 1. The van der Waals surface area contributed by atoms with Crippen LogP contribution in [-0.4, -0.2) is 40.0 Å². The molecule has 0 aliphatic carbocycles. The number of halogens is 1. The van der Waals surface area contributed by atoms with E-state index in [1.165, 1.54) is 22.2 Å². The van der Waals surface area contributed by atoms with Gasteiger partial charge in [-0.05, 0) is 29.8 Å². The van der Waals surface area contributed by atoms with Crippen molar-refractivity contribution in [2.45, 2.75) is 26.3 Å². The van der Waals surface area contributed by atoms with Gasteiger partial charge in [0.1, 0.15) is 4.83 Å². The number of carbonyl (C=O) groups excluding carboxylic acids is 1. The van der Waals surface area contributed by atoms with Crippen LogP contribution in [0, 0.1) is 5.41 Å². The summed E-state index contributed by atoms with van der Waals surface area (Å²) in [6, 6.07) is 1.78. The second kappa shape index (κ2) is 6.98. The number of thiophene rings is 1. The van der Waals surface area contributed by atoms with Gasteiger partial charge in [-0.2, -0.15) is 0 Å². The molecule has 1 aliphatic heterocycles. The Morgan fingerprint density at radius 1 is 1.52 bits per heavy atom. The SMILES string of the molecule is CC1(CN)CCN(C(=O)CCn2cnc3sccc3c2=O)C1.Cl. The minimum atomic E-state index is -0.0766. The summed E-state index contributed by atoms with van der Waals surface area (Å²) >= 11 is 1.45. The summed E-state index contributed by atoms with van der Waals surface area (Å²) in [5.74, 6) is 0.0782. The summed E-state index contributed by atoms with van der Waals surface area (Å²) in [6.07, 6.45) is 2.79. The minimum Gasteiger partial charge on any atom is -0.342 e. The van der Waals surface area contributed by atoms with E-state index in [0.717, 1.165) is 17.8 Å². The average molecular weight is 357 g/mol. The largest absolute Gasteiger partial charge is 0.342 e. The van der Waals surface area contributed by atoms with Crippen LogP contribution in [0.4, 0.5) is 0 Å². The van der Waals surface area contributed by atoms with E-state index in [0.29, 0.717) is 31.4 Å². The van der Waals surface area contributed by atoms with Crippen LogP contribution in [0.1, 0.15) is 19.8 Å². The minimum absolute atomic E-state index is 0. The first-order valence-corrected chi connectivity index (χ1v) is 8.31. The normalized spacial score (nSPS) is 20.7. The van der Waals surface area contributed by atoms with Crippen molar-refractivity contribution in [3.05, 3.63) is 28.1 Å². The fraction of sp³-hybridized carbons (Fsp3) is 0.533. The van der Waals surface area contributed by atoms with Crippen LogP contribution < -0.4 is 11.3 Å². The van der Waals surface area contributed by atoms with Crippen LogP contribution in [0.25, 0.3) is 10.2 Å². The lowest BCUT2D eigenvalue weighted by Gasteiger charge is -2.22. The summed E-state index contributed by atoms with van der Waals surface area (Å²) in [7, 11) is 0. The van der Waals surface area contributed by atoms with Crippen LogP contribution in [0.5, 0.6) is 0 Å². The van der Waals surface area contributed by atoms with Crippen molar-refractivity contribution in [2.75, 3.05) is 19.6 Å². The van der Waals surface area contributed by atoms with Gasteiger partial charge in [0.2, 0.25) is 5.91 Å². The molecule has 23 heavy (non-hydrogen) atoms. The Labute approximate surface area is 144 Å². The highest BCUT2D eigenvalue weighted by atomic mass is 35.5. The Morgan fingerprint density at radius 2 is 2.30 bits per heavy atom. The summed E-state index contributed by atoms with van der Waals surface area (Å²) < 4.78 is 1.52. The molecule has 8 heteroatoms. The smallest absolute Gasteiger partial charge is 0.262 e. The maximum Gasteiger partial charge on any atom is 0.262 e.